The molecule has 3 rings (SSSR count). The summed E-state index contributed by atoms with van der Waals surface area (Å²) in [5.74, 6) is -1.51. The zero-order chi connectivity index (χ0) is 23.1. The number of nitrogens with one attached hydrogen (secondary N) is 2. The van der Waals surface area contributed by atoms with Gasteiger partial charge in [0.15, 0.2) is 6.10 Å². The molecule has 0 radical (unpaired) electrons. The Hall–Kier alpha value is -3.04. The minimum absolute atomic E-state index is 0.0997. The number of carbonyl (C=O) groups excluding carboxylic acids is 2. The zero-order valence-corrected chi connectivity index (χ0v) is 18.4. The molecule has 0 spiro atoms. The predicted molar refractivity (Wildman–Crippen MR) is 122 cm³/mol. The monoisotopic (exact) mass is 458 g/mol. The van der Waals surface area contributed by atoms with Gasteiger partial charge in [-0.3, -0.25) is 4.79 Å². The Morgan fingerprint density at radius 1 is 1.06 bits per heavy atom. The lowest BCUT2D eigenvalue weighted by molar-refractivity contribution is -0.146. The number of carboxylic acids is 1. The summed E-state index contributed by atoms with van der Waals surface area (Å²) in [6.45, 7) is -0.329. The maximum absolute atomic E-state index is 12.5. The summed E-state index contributed by atoms with van der Waals surface area (Å²) in [5.41, 5.74) is 4.40. The van der Waals surface area contributed by atoms with E-state index < -0.39 is 36.7 Å². The topological polar surface area (TPSA) is 125 Å². The third-order valence-corrected chi connectivity index (χ3v) is 5.96. The van der Waals surface area contributed by atoms with Crippen LogP contribution in [0.3, 0.4) is 0 Å². The first-order valence-electron chi connectivity index (χ1n) is 10.2. The molecule has 170 valence electrons. The average Bonchev–Trinajstić information content (AvgIpc) is 3.12. The Bertz CT molecular complexity index is 937. The number of aliphatic hydroxyl groups excluding tert-OH is 1. The van der Waals surface area contributed by atoms with Crippen molar-refractivity contribution in [1.82, 2.24) is 10.6 Å². The van der Waals surface area contributed by atoms with Crippen molar-refractivity contribution in [2.75, 3.05) is 25.2 Å². The van der Waals surface area contributed by atoms with E-state index in [1.807, 2.05) is 54.8 Å². The fourth-order valence-electron chi connectivity index (χ4n) is 3.69. The van der Waals surface area contributed by atoms with Crippen molar-refractivity contribution < 1.29 is 29.3 Å². The number of thioether (sulfide) groups is 1. The highest BCUT2D eigenvalue weighted by molar-refractivity contribution is 7.98. The van der Waals surface area contributed by atoms with E-state index in [1.165, 1.54) is 11.8 Å². The van der Waals surface area contributed by atoms with E-state index in [1.54, 1.807) is 0 Å². The summed E-state index contributed by atoms with van der Waals surface area (Å²) in [6.07, 6.45) is -0.238. The number of fused-ring (bicyclic) bond motifs is 3. The van der Waals surface area contributed by atoms with E-state index in [0.717, 1.165) is 22.3 Å². The van der Waals surface area contributed by atoms with Gasteiger partial charge in [-0.1, -0.05) is 48.5 Å². The number of benzene rings is 2. The van der Waals surface area contributed by atoms with Crippen LogP contribution in [0.5, 0.6) is 0 Å². The third-order valence-electron chi connectivity index (χ3n) is 5.32. The molecule has 2 aromatic rings. The van der Waals surface area contributed by atoms with Crippen LogP contribution in [0.15, 0.2) is 48.5 Å². The number of aliphatic hydroxyl groups is 1. The second kappa shape index (κ2) is 11.0. The van der Waals surface area contributed by atoms with Gasteiger partial charge in [-0.15, -0.1) is 0 Å². The van der Waals surface area contributed by atoms with Crippen LogP contribution >= 0.6 is 11.8 Å². The smallest absolute Gasteiger partial charge is 0.407 e. The van der Waals surface area contributed by atoms with Gasteiger partial charge in [-0.2, -0.15) is 11.8 Å². The predicted octanol–water partition coefficient (Wildman–Crippen LogP) is 2.21. The molecular formula is C23H26N2O6S. The zero-order valence-electron chi connectivity index (χ0n) is 17.6. The van der Waals surface area contributed by atoms with Crippen molar-refractivity contribution >= 4 is 29.7 Å². The summed E-state index contributed by atoms with van der Waals surface area (Å²) >= 11 is 1.51. The molecule has 1 aliphatic carbocycles. The molecule has 0 heterocycles. The van der Waals surface area contributed by atoms with E-state index >= 15 is 0 Å². The van der Waals surface area contributed by atoms with Gasteiger partial charge in [0.1, 0.15) is 12.6 Å². The SMILES string of the molecule is CSCC[C@H](NC(=O)OCC1c2ccccc2-c2ccccc21)C(=O)NCC(O)C(=O)O. The van der Waals surface area contributed by atoms with E-state index in [-0.39, 0.29) is 12.5 Å². The van der Waals surface area contributed by atoms with Crippen LogP contribution in [0.2, 0.25) is 0 Å². The number of ether oxygens (including phenoxy) is 1. The van der Waals surface area contributed by atoms with E-state index in [9.17, 15) is 19.5 Å². The Balaban J connectivity index is 1.61. The van der Waals surface area contributed by atoms with Crippen LogP contribution in [0.25, 0.3) is 11.1 Å². The highest BCUT2D eigenvalue weighted by Gasteiger charge is 2.30. The fourth-order valence-corrected chi connectivity index (χ4v) is 4.17. The van der Waals surface area contributed by atoms with Crippen LogP contribution in [0.4, 0.5) is 4.79 Å². The fraction of sp³-hybridized carbons (Fsp3) is 0.348. The van der Waals surface area contributed by atoms with Crippen molar-refractivity contribution in [2.24, 2.45) is 0 Å². The van der Waals surface area contributed by atoms with Gasteiger partial charge in [-0.05, 0) is 40.7 Å². The van der Waals surface area contributed by atoms with Gasteiger partial charge >= 0.3 is 12.1 Å². The minimum Gasteiger partial charge on any atom is -0.479 e. The number of hydrogen-bond donors (Lipinski definition) is 4. The third kappa shape index (κ3) is 5.60. The second-order valence-corrected chi connectivity index (χ2v) is 8.39. The Kier molecular flexibility index (Phi) is 8.13. The lowest BCUT2D eigenvalue weighted by Gasteiger charge is -2.20. The number of alkyl carbamates (subject to hydrolysis) is 1. The number of hydrogen-bond acceptors (Lipinski definition) is 6. The molecule has 0 fully saturated rings. The molecule has 0 saturated carbocycles. The van der Waals surface area contributed by atoms with E-state index in [2.05, 4.69) is 10.6 Å². The summed E-state index contributed by atoms with van der Waals surface area (Å²) in [7, 11) is 0. The van der Waals surface area contributed by atoms with Crippen molar-refractivity contribution in [3.05, 3.63) is 59.7 Å². The number of carbonyl (C=O) groups is 3. The average molecular weight is 459 g/mol. The quantitative estimate of drug-likeness (QED) is 0.430. The first kappa shape index (κ1) is 23.6. The summed E-state index contributed by atoms with van der Waals surface area (Å²) in [6, 6.07) is 15.1. The van der Waals surface area contributed by atoms with Gasteiger partial charge in [0.2, 0.25) is 5.91 Å². The van der Waals surface area contributed by atoms with Gasteiger partial charge in [-0.25, -0.2) is 9.59 Å². The Labute approximate surface area is 190 Å². The van der Waals surface area contributed by atoms with Crippen LogP contribution in [0.1, 0.15) is 23.5 Å². The maximum Gasteiger partial charge on any atom is 0.407 e. The maximum atomic E-state index is 12.5. The molecular weight excluding hydrogens is 432 g/mol. The number of amides is 2. The van der Waals surface area contributed by atoms with Crippen molar-refractivity contribution in [3.63, 3.8) is 0 Å². The van der Waals surface area contributed by atoms with Gasteiger partial charge in [0.25, 0.3) is 0 Å². The highest BCUT2D eigenvalue weighted by atomic mass is 32.2. The van der Waals surface area contributed by atoms with E-state index in [0.29, 0.717) is 12.2 Å². The molecule has 2 aromatic carbocycles. The summed E-state index contributed by atoms with van der Waals surface area (Å²) in [4.78, 5) is 35.6. The molecule has 0 aromatic heterocycles. The summed E-state index contributed by atoms with van der Waals surface area (Å²) in [5, 5.41) is 23.0. The van der Waals surface area contributed by atoms with Crippen LogP contribution in [-0.4, -0.2) is 65.5 Å². The summed E-state index contributed by atoms with van der Waals surface area (Å²) < 4.78 is 5.48. The molecule has 9 heteroatoms. The van der Waals surface area contributed by atoms with Gasteiger partial charge in [0, 0.05) is 5.92 Å². The lowest BCUT2D eigenvalue weighted by Crippen LogP contribution is -2.49. The normalized spacial score (nSPS) is 14.1. The van der Waals surface area contributed by atoms with Crippen molar-refractivity contribution in [2.45, 2.75) is 24.5 Å². The van der Waals surface area contributed by atoms with Crippen molar-refractivity contribution in [3.8, 4) is 11.1 Å². The lowest BCUT2D eigenvalue weighted by atomic mass is 9.98. The number of carboxylic acid groups (broad SMARTS) is 1. The molecule has 0 aliphatic heterocycles. The standard InChI is InChI=1S/C23H26N2O6S/c1-32-11-10-19(21(27)24-12-20(26)22(28)29)25-23(30)31-13-18-16-8-4-2-6-14(16)15-7-3-5-9-17(15)18/h2-9,18-20,26H,10-13H2,1H3,(H,24,27)(H,25,30)(H,28,29)/t19-,20?/m0/s1. The first-order chi connectivity index (χ1) is 15.4. The Morgan fingerprint density at radius 3 is 2.22 bits per heavy atom. The Morgan fingerprint density at radius 2 is 1.66 bits per heavy atom. The largest absolute Gasteiger partial charge is 0.479 e. The molecule has 2 atom stereocenters. The number of aliphatic carboxylic acids is 1. The van der Waals surface area contributed by atoms with E-state index in [4.69, 9.17) is 9.84 Å². The molecule has 8 nitrogen and oxygen atoms in total. The minimum atomic E-state index is -1.71. The van der Waals surface area contributed by atoms with Crippen LogP contribution in [0, 0.1) is 0 Å². The molecule has 4 N–H and O–H groups in total. The first-order valence-corrected chi connectivity index (χ1v) is 11.6. The molecule has 1 aliphatic rings. The van der Waals surface area contributed by atoms with Gasteiger partial charge < -0.3 is 25.6 Å². The molecule has 0 bridgehead atoms. The van der Waals surface area contributed by atoms with Gasteiger partial charge in [0.05, 0.1) is 6.54 Å². The highest BCUT2D eigenvalue weighted by Crippen LogP contribution is 2.44. The molecule has 0 saturated heterocycles. The van der Waals surface area contributed by atoms with Crippen LogP contribution in [-0.2, 0) is 14.3 Å². The molecule has 32 heavy (non-hydrogen) atoms. The molecule has 1 unspecified atom stereocenters. The number of rotatable bonds is 10. The van der Waals surface area contributed by atoms with Crippen LogP contribution < -0.4 is 10.6 Å². The molecule has 2 amide bonds. The second-order valence-electron chi connectivity index (χ2n) is 7.40. The van der Waals surface area contributed by atoms with Crippen molar-refractivity contribution in [1.29, 1.82) is 0 Å².